The molecule has 2 aliphatic heterocycles. The molecule has 0 saturated carbocycles. The molecule has 0 bridgehead atoms. The van der Waals surface area contributed by atoms with Gasteiger partial charge in [-0.05, 0) is 31.8 Å². The summed E-state index contributed by atoms with van der Waals surface area (Å²) in [7, 11) is 2.19. The lowest BCUT2D eigenvalue weighted by Crippen LogP contribution is -2.54. The zero-order valence-electron chi connectivity index (χ0n) is 12.4. The number of thiophene rings is 1. The molecule has 0 spiro atoms. The topological polar surface area (TPSA) is 52.9 Å². The lowest BCUT2D eigenvalue weighted by atomic mass is 10.0. The highest BCUT2D eigenvalue weighted by molar-refractivity contribution is 7.14. The van der Waals surface area contributed by atoms with Crippen molar-refractivity contribution in [3.63, 3.8) is 0 Å². The summed E-state index contributed by atoms with van der Waals surface area (Å²) in [6.45, 7) is 6.15. The van der Waals surface area contributed by atoms with Crippen LogP contribution in [0.5, 0.6) is 0 Å². The Bertz CT molecular complexity index is 499. The van der Waals surface area contributed by atoms with Crippen molar-refractivity contribution in [2.75, 3.05) is 51.2 Å². The molecule has 0 amide bonds. The number of nitro groups is 1. The van der Waals surface area contributed by atoms with Crippen LogP contribution in [0.4, 0.5) is 10.7 Å². The van der Waals surface area contributed by atoms with E-state index in [0.29, 0.717) is 6.04 Å². The van der Waals surface area contributed by atoms with Gasteiger partial charge in [-0.1, -0.05) is 0 Å². The fourth-order valence-electron chi connectivity index (χ4n) is 3.40. The van der Waals surface area contributed by atoms with Crippen LogP contribution in [0.3, 0.4) is 0 Å². The van der Waals surface area contributed by atoms with E-state index in [1.54, 1.807) is 6.07 Å². The summed E-state index contributed by atoms with van der Waals surface area (Å²) in [5.41, 5.74) is 0.255. The molecule has 0 N–H and O–H groups in total. The average Bonchev–Trinajstić information content (AvgIpc) is 2.97. The second-order valence-corrected chi connectivity index (χ2v) is 6.84. The molecule has 1 atom stereocenters. The van der Waals surface area contributed by atoms with E-state index < -0.39 is 0 Å². The van der Waals surface area contributed by atoms with Crippen molar-refractivity contribution >= 4 is 22.0 Å². The lowest BCUT2D eigenvalue weighted by Gasteiger charge is -2.42. The normalized spacial score (nSPS) is 25.2. The molecule has 0 unspecified atom stereocenters. The van der Waals surface area contributed by atoms with Crippen molar-refractivity contribution in [3.05, 3.63) is 21.6 Å². The van der Waals surface area contributed by atoms with Crippen LogP contribution < -0.4 is 4.90 Å². The van der Waals surface area contributed by atoms with Crippen molar-refractivity contribution in [2.45, 2.75) is 18.9 Å². The first-order chi connectivity index (χ1) is 10.1. The Labute approximate surface area is 129 Å². The zero-order valence-corrected chi connectivity index (χ0v) is 13.2. The molecule has 1 aromatic heterocycles. The van der Waals surface area contributed by atoms with E-state index in [0.717, 1.165) is 37.7 Å². The first-order valence-corrected chi connectivity index (χ1v) is 8.42. The Morgan fingerprint density at radius 3 is 2.71 bits per heavy atom. The van der Waals surface area contributed by atoms with Crippen molar-refractivity contribution < 1.29 is 4.92 Å². The van der Waals surface area contributed by atoms with Crippen LogP contribution in [-0.2, 0) is 0 Å². The summed E-state index contributed by atoms with van der Waals surface area (Å²) in [6, 6.07) is 2.27. The Kier molecular flexibility index (Phi) is 4.42. The number of rotatable bonds is 3. The third kappa shape index (κ3) is 3.20. The highest BCUT2D eigenvalue weighted by Gasteiger charge is 2.29. The van der Waals surface area contributed by atoms with Crippen LogP contribution in [0.1, 0.15) is 12.8 Å². The van der Waals surface area contributed by atoms with Gasteiger partial charge in [0.25, 0.3) is 0 Å². The van der Waals surface area contributed by atoms with E-state index in [2.05, 4.69) is 21.7 Å². The van der Waals surface area contributed by atoms with Crippen molar-refractivity contribution in [1.29, 1.82) is 0 Å². The van der Waals surface area contributed by atoms with E-state index in [1.807, 2.05) is 5.38 Å². The predicted octanol–water partition coefficient (Wildman–Crippen LogP) is 1.87. The largest absolute Gasteiger partial charge is 0.355 e. The Morgan fingerprint density at radius 2 is 2.05 bits per heavy atom. The third-order valence-electron chi connectivity index (χ3n) is 4.54. The quantitative estimate of drug-likeness (QED) is 0.630. The summed E-state index contributed by atoms with van der Waals surface area (Å²) in [5, 5.41) is 13.7. The van der Waals surface area contributed by atoms with Gasteiger partial charge >= 0.3 is 5.69 Å². The fraction of sp³-hybridized carbons (Fsp3) is 0.714. The van der Waals surface area contributed by atoms with E-state index >= 15 is 0 Å². The number of likely N-dealkylation sites (tertiary alicyclic amines) is 1. The van der Waals surface area contributed by atoms with Crippen LogP contribution in [-0.4, -0.2) is 67.1 Å². The van der Waals surface area contributed by atoms with Gasteiger partial charge in [0.05, 0.1) is 4.92 Å². The van der Waals surface area contributed by atoms with E-state index in [1.165, 1.54) is 30.7 Å². The molecule has 7 heteroatoms. The second-order valence-electron chi connectivity index (χ2n) is 5.95. The first kappa shape index (κ1) is 14.7. The smallest absolute Gasteiger partial charge is 0.303 e. The van der Waals surface area contributed by atoms with Gasteiger partial charge in [0.1, 0.15) is 0 Å². The van der Waals surface area contributed by atoms with E-state index in [-0.39, 0.29) is 10.6 Å². The van der Waals surface area contributed by atoms with E-state index in [9.17, 15) is 10.1 Å². The van der Waals surface area contributed by atoms with Crippen molar-refractivity contribution in [3.8, 4) is 0 Å². The minimum Gasteiger partial charge on any atom is -0.355 e. The number of piperazine rings is 1. The maximum Gasteiger partial charge on any atom is 0.303 e. The number of piperidine rings is 1. The molecule has 3 heterocycles. The van der Waals surface area contributed by atoms with Crippen molar-refractivity contribution in [1.82, 2.24) is 9.80 Å². The highest BCUT2D eigenvalue weighted by atomic mass is 32.1. The molecule has 0 aliphatic carbocycles. The molecule has 6 nitrogen and oxygen atoms in total. The zero-order chi connectivity index (χ0) is 14.8. The van der Waals surface area contributed by atoms with Gasteiger partial charge in [-0.3, -0.25) is 15.0 Å². The van der Waals surface area contributed by atoms with Gasteiger partial charge in [-0.2, -0.15) is 0 Å². The fourth-order valence-corrected chi connectivity index (χ4v) is 4.32. The van der Waals surface area contributed by atoms with Crippen LogP contribution in [0.2, 0.25) is 0 Å². The molecule has 116 valence electrons. The molecule has 0 aromatic carbocycles. The molecule has 21 heavy (non-hydrogen) atoms. The Hall–Kier alpha value is -1.18. The SMILES string of the molecule is CN1CCC[C@@H](N2CCN(c3sccc3[N+](=O)[O-])CC2)C1. The minimum atomic E-state index is -0.270. The van der Waals surface area contributed by atoms with E-state index in [4.69, 9.17) is 0 Å². The van der Waals surface area contributed by atoms with Crippen LogP contribution in [0.15, 0.2) is 11.4 Å². The molecule has 3 rings (SSSR count). The third-order valence-corrected chi connectivity index (χ3v) is 5.50. The summed E-state index contributed by atoms with van der Waals surface area (Å²) >= 11 is 1.48. The molecule has 2 aliphatic rings. The summed E-state index contributed by atoms with van der Waals surface area (Å²) in [4.78, 5) is 17.9. The lowest BCUT2D eigenvalue weighted by molar-refractivity contribution is -0.383. The van der Waals surface area contributed by atoms with Crippen LogP contribution in [0.25, 0.3) is 0 Å². The molecular formula is C14H22N4O2S. The summed E-state index contributed by atoms with van der Waals surface area (Å²) < 4.78 is 0. The summed E-state index contributed by atoms with van der Waals surface area (Å²) in [5.74, 6) is 0. The van der Waals surface area contributed by atoms with Gasteiger partial charge in [-0.15, -0.1) is 11.3 Å². The van der Waals surface area contributed by atoms with Crippen molar-refractivity contribution in [2.24, 2.45) is 0 Å². The maximum absolute atomic E-state index is 11.0. The molecule has 2 saturated heterocycles. The van der Waals surface area contributed by atoms with Gasteiger partial charge in [0.2, 0.25) is 0 Å². The molecule has 1 aromatic rings. The number of nitrogens with zero attached hydrogens (tertiary/aromatic N) is 4. The number of hydrogen-bond acceptors (Lipinski definition) is 6. The Balaban J connectivity index is 1.60. The van der Waals surface area contributed by atoms with Gasteiger partial charge in [0.15, 0.2) is 5.00 Å². The average molecular weight is 310 g/mol. The maximum atomic E-state index is 11.0. The second kappa shape index (κ2) is 6.29. The first-order valence-electron chi connectivity index (χ1n) is 7.54. The number of hydrogen-bond donors (Lipinski definition) is 0. The van der Waals surface area contributed by atoms with Gasteiger partial charge in [0, 0.05) is 44.8 Å². The van der Waals surface area contributed by atoms with Crippen LogP contribution in [0, 0.1) is 10.1 Å². The minimum absolute atomic E-state index is 0.255. The number of anilines is 1. The standard InChI is InChI=1S/C14H22N4O2S/c1-15-5-2-3-12(11-15)16-6-8-17(9-7-16)14-13(18(19)20)4-10-21-14/h4,10,12H,2-3,5-9,11H2,1H3/t12-/m1/s1. The molecule has 0 radical (unpaired) electrons. The molecular weight excluding hydrogens is 288 g/mol. The monoisotopic (exact) mass is 310 g/mol. The van der Waals surface area contributed by atoms with Gasteiger partial charge in [-0.25, -0.2) is 0 Å². The highest BCUT2D eigenvalue weighted by Crippen LogP contribution is 2.34. The summed E-state index contributed by atoms with van der Waals surface area (Å²) in [6.07, 6.45) is 2.56. The predicted molar refractivity (Wildman–Crippen MR) is 85.3 cm³/mol. The Morgan fingerprint density at radius 1 is 1.29 bits per heavy atom. The molecule has 2 fully saturated rings. The van der Waals surface area contributed by atoms with Gasteiger partial charge < -0.3 is 9.80 Å². The number of likely N-dealkylation sites (N-methyl/N-ethyl adjacent to an activating group) is 1. The van der Waals surface area contributed by atoms with Crippen LogP contribution >= 0.6 is 11.3 Å².